The Hall–Kier alpha value is -0.370. The predicted molar refractivity (Wildman–Crippen MR) is 57.0 cm³/mol. The molecule has 0 heterocycles. The number of rotatable bonds is 4. The van der Waals surface area contributed by atoms with Crippen molar-refractivity contribution in [1.82, 2.24) is 0 Å². The first-order chi connectivity index (χ1) is 6.66. The Morgan fingerprint density at radius 1 is 1.36 bits per heavy atom. The largest absolute Gasteiger partial charge is 0.392 e. The molecule has 0 aromatic rings. The Bertz CT molecular complexity index is 183. The van der Waals surface area contributed by atoms with Crippen molar-refractivity contribution in [1.29, 1.82) is 0 Å². The molecule has 1 fully saturated rings. The van der Waals surface area contributed by atoms with Crippen LogP contribution in [0.4, 0.5) is 0 Å². The first-order valence-corrected chi connectivity index (χ1v) is 5.87. The van der Waals surface area contributed by atoms with Crippen LogP contribution in [0.5, 0.6) is 0 Å². The van der Waals surface area contributed by atoms with Gasteiger partial charge in [0.2, 0.25) is 0 Å². The van der Waals surface area contributed by atoms with Crippen molar-refractivity contribution < 1.29 is 9.90 Å². The molecule has 2 heteroatoms. The van der Waals surface area contributed by atoms with E-state index in [0.717, 1.165) is 12.8 Å². The fraction of sp³-hybridized carbons (Fsp3) is 0.917. The standard InChI is InChI=1S/C12H22O2/c1-3-11(13)9(2)12(14)10-7-5-4-6-8-10/h9-10,12,14H,3-8H2,1-2H3/t9-,12-/m1/s1. The van der Waals surface area contributed by atoms with Crippen molar-refractivity contribution in [3.63, 3.8) is 0 Å². The monoisotopic (exact) mass is 198 g/mol. The van der Waals surface area contributed by atoms with Gasteiger partial charge in [0, 0.05) is 12.3 Å². The third-order valence-electron chi connectivity index (χ3n) is 3.50. The Kier molecular flexibility index (Phi) is 4.59. The van der Waals surface area contributed by atoms with E-state index in [1.165, 1.54) is 19.3 Å². The molecule has 1 N–H and O–H groups in total. The number of ketones is 1. The van der Waals surface area contributed by atoms with Crippen molar-refractivity contribution in [3.8, 4) is 0 Å². The van der Waals surface area contributed by atoms with Gasteiger partial charge < -0.3 is 5.11 Å². The number of carbonyl (C=O) groups is 1. The number of hydrogen-bond donors (Lipinski definition) is 1. The van der Waals surface area contributed by atoms with Gasteiger partial charge in [-0.05, 0) is 18.8 Å². The number of Topliss-reactive ketones (excluding diaryl/α,β-unsaturated/α-hetero) is 1. The minimum atomic E-state index is -0.400. The highest BCUT2D eigenvalue weighted by Crippen LogP contribution is 2.29. The van der Waals surface area contributed by atoms with Crippen LogP contribution in [0.15, 0.2) is 0 Å². The zero-order valence-electron chi connectivity index (χ0n) is 9.33. The maximum Gasteiger partial charge on any atom is 0.138 e. The lowest BCUT2D eigenvalue weighted by atomic mass is 9.79. The summed E-state index contributed by atoms with van der Waals surface area (Å²) in [7, 11) is 0. The summed E-state index contributed by atoms with van der Waals surface area (Å²) < 4.78 is 0. The fourth-order valence-electron chi connectivity index (χ4n) is 2.40. The van der Waals surface area contributed by atoms with Crippen LogP contribution in [0.25, 0.3) is 0 Å². The van der Waals surface area contributed by atoms with E-state index in [9.17, 15) is 9.90 Å². The summed E-state index contributed by atoms with van der Waals surface area (Å²) in [6, 6.07) is 0. The number of aliphatic hydroxyl groups is 1. The summed E-state index contributed by atoms with van der Waals surface area (Å²) in [6.07, 6.45) is 6.07. The van der Waals surface area contributed by atoms with Gasteiger partial charge >= 0.3 is 0 Å². The average molecular weight is 198 g/mol. The number of carbonyl (C=O) groups excluding carboxylic acids is 1. The molecule has 0 aliphatic heterocycles. The van der Waals surface area contributed by atoms with E-state index in [0.29, 0.717) is 12.3 Å². The lowest BCUT2D eigenvalue weighted by molar-refractivity contribution is -0.127. The summed E-state index contributed by atoms with van der Waals surface area (Å²) in [5.74, 6) is 0.403. The SMILES string of the molecule is CCC(=O)[C@@H](C)[C@@H](O)C1CCCCC1. The van der Waals surface area contributed by atoms with Crippen LogP contribution in [-0.2, 0) is 4.79 Å². The van der Waals surface area contributed by atoms with Gasteiger partial charge in [0.05, 0.1) is 6.10 Å². The molecule has 14 heavy (non-hydrogen) atoms. The van der Waals surface area contributed by atoms with Crippen LogP contribution in [0.2, 0.25) is 0 Å². The maximum absolute atomic E-state index is 11.4. The molecule has 2 nitrogen and oxygen atoms in total. The fourth-order valence-corrected chi connectivity index (χ4v) is 2.40. The van der Waals surface area contributed by atoms with Gasteiger partial charge in [-0.1, -0.05) is 33.1 Å². The molecule has 2 atom stereocenters. The van der Waals surface area contributed by atoms with Gasteiger partial charge in [0.15, 0.2) is 0 Å². The van der Waals surface area contributed by atoms with E-state index in [-0.39, 0.29) is 11.7 Å². The van der Waals surface area contributed by atoms with Crippen LogP contribution in [0.3, 0.4) is 0 Å². The molecule has 82 valence electrons. The summed E-state index contributed by atoms with van der Waals surface area (Å²) >= 11 is 0. The zero-order chi connectivity index (χ0) is 10.6. The molecule has 0 bridgehead atoms. The molecule has 0 aromatic carbocycles. The lowest BCUT2D eigenvalue weighted by Gasteiger charge is -2.29. The smallest absolute Gasteiger partial charge is 0.138 e. The van der Waals surface area contributed by atoms with Gasteiger partial charge in [-0.2, -0.15) is 0 Å². The first kappa shape index (κ1) is 11.7. The van der Waals surface area contributed by atoms with E-state index >= 15 is 0 Å². The molecule has 0 spiro atoms. The quantitative estimate of drug-likeness (QED) is 0.753. The Morgan fingerprint density at radius 2 is 1.93 bits per heavy atom. The Morgan fingerprint density at radius 3 is 2.43 bits per heavy atom. The van der Waals surface area contributed by atoms with E-state index in [4.69, 9.17) is 0 Å². The number of aliphatic hydroxyl groups excluding tert-OH is 1. The third-order valence-corrected chi connectivity index (χ3v) is 3.50. The highest BCUT2D eigenvalue weighted by molar-refractivity contribution is 5.80. The van der Waals surface area contributed by atoms with Gasteiger partial charge in [-0.15, -0.1) is 0 Å². The van der Waals surface area contributed by atoms with Crippen LogP contribution < -0.4 is 0 Å². The minimum Gasteiger partial charge on any atom is -0.392 e. The molecule has 0 saturated heterocycles. The molecular weight excluding hydrogens is 176 g/mol. The molecule has 0 amide bonds. The van der Waals surface area contributed by atoms with Crippen LogP contribution in [-0.4, -0.2) is 17.0 Å². The van der Waals surface area contributed by atoms with E-state index in [1.54, 1.807) is 0 Å². The molecule has 1 aliphatic rings. The topological polar surface area (TPSA) is 37.3 Å². The first-order valence-electron chi connectivity index (χ1n) is 5.87. The lowest BCUT2D eigenvalue weighted by Crippen LogP contribution is -2.33. The highest BCUT2D eigenvalue weighted by Gasteiger charge is 2.29. The van der Waals surface area contributed by atoms with Crippen molar-refractivity contribution in [2.24, 2.45) is 11.8 Å². The Labute approximate surface area is 86.7 Å². The molecular formula is C12H22O2. The van der Waals surface area contributed by atoms with Crippen molar-refractivity contribution in [2.75, 3.05) is 0 Å². The van der Waals surface area contributed by atoms with Crippen LogP contribution >= 0.6 is 0 Å². The second-order valence-electron chi connectivity index (χ2n) is 4.50. The summed E-state index contributed by atoms with van der Waals surface area (Å²) in [4.78, 5) is 11.4. The molecule has 0 unspecified atom stereocenters. The molecule has 0 radical (unpaired) electrons. The minimum absolute atomic E-state index is 0.164. The van der Waals surface area contributed by atoms with E-state index in [1.807, 2.05) is 13.8 Å². The van der Waals surface area contributed by atoms with Gasteiger partial charge in [0.1, 0.15) is 5.78 Å². The van der Waals surface area contributed by atoms with Gasteiger partial charge in [-0.25, -0.2) is 0 Å². The van der Waals surface area contributed by atoms with Gasteiger partial charge in [0.25, 0.3) is 0 Å². The highest BCUT2D eigenvalue weighted by atomic mass is 16.3. The van der Waals surface area contributed by atoms with Crippen LogP contribution in [0, 0.1) is 11.8 Å². The average Bonchev–Trinajstić information content (AvgIpc) is 2.27. The maximum atomic E-state index is 11.4. The molecule has 1 rings (SSSR count). The zero-order valence-corrected chi connectivity index (χ0v) is 9.33. The predicted octanol–water partition coefficient (Wildman–Crippen LogP) is 2.54. The summed E-state index contributed by atoms with van der Waals surface area (Å²) in [6.45, 7) is 3.73. The van der Waals surface area contributed by atoms with Gasteiger partial charge in [-0.3, -0.25) is 4.79 Å². The van der Waals surface area contributed by atoms with Crippen LogP contribution in [0.1, 0.15) is 52.4 Å². The normalized spacial score (nSPS) is 23.1. The second-order valence-corrected chi connectivity index (χ2v) is 4.50. The summed E-state index contributed by atoms with van der Waals surface area (Å²) in [5.41, 5.74) is 0. The van der Waals surface area contributed by atoms with E-state index in [2.05, 4.69) is 0 Å². The third kappa shape index (κ3) is 2.81. The molecule has 1 aliphatic carbocycles. The van der Waals surface area contributed by atoms with Crippen molar-refractivity contribution in [3.05, 3.63) is 0 Å². The molecule has 1 saturated carbocycles. The summed E-state index contributed by atoms with van der Waals surface area (Å²) in [5, 5.41) is 10.0. The number of hydrogen-bond acceptors (Lipinski definition) is 2. The van der Waals surface area contributed by atoms with Crippen molar-refractivity contribution in [2.45, 2.75) is 58.5 Å². The molecule has 0 aromatic heterocycles. The van der Waals surface area contributed by atoms with Crippen molar-refractivity contribution >= 4 is 5.78 Å². The van der Waals surface area contributed by atoms with E-state index < -0.39 is 6.10 Å². The second kappa shape index (κ2) is 5.50. The Balaban J connectivity index is 2.45.